The molecule has 1 aliphatic heterocycles. The number of hydrogen-bond donors (Lipinski definition) is 1. The Labute approximate surface area is 156 Å². The van der Waals surface area contributed by atoms with Crippen molar-refractivity contribution in [3.63, 3.8) is 0 Å². The standard InChI is InChI=1S/C18H19FN2O5S/c1-21(27(23,24)15-5-3-14(19)4-6-15)11-18(22)20-9-8-13-2-7-16-17(10-13)26-12-25-16/h2-7,10H,8-9,11-12H2,1H3,(H,20,22). The van der Waals surface area contributed by atoms with Gasteiger partial charge in [-0.2, -0.15) is 4.31 Å². The van der Waals surface area contributed by atoms with Gasteiger partial charge in [0.1, 0.15) is 5.82 Å². The Morgan fingerprint density at radius 3 is 2.59 bits per heavy atom. The molecule has 2 aromatic rings. The van der Waals surface area contributed by atoms with E-state index >= 15 is 0 Å². The summed E-state index contributed by atoms with van der Waals surface area (Å²) in [6.45, 7) is 0.216. The summed E-state index contributed by atoms with van der Waals surface area (Å²) in [5.41, 5.74) is 0.965. The van der Waals surface area contributed by atoms with Crippen molar-refractivity contribution in [2.24, 2.45) is 0 Å². The van der Waals surface area contributed by atoms with E-state index in [4.69, 9.17) is 9.47 Å². The van der Waals surface area contributed by atoms with Gasteiger partial charge in [0.25, 0.3) is 0 Å². The van der Waals surface area contributed by atoms with Gasteiger partial charge in [0.2, 0.25) is 22.7 Å². The number of amides is 1. The van der Waals surface area contributed by atoms with Crippen molar-refractivity contribution in [1.82, 2.24) is 9.62 Å². The second kappa shape index (κ2) is 7.93. The van der Waals surface area contributed by atoms with Crippen LogP contribution in [-0.2, 0) is 21.2 Å². The van der Waals surface area contributed by atoms with Crippen molar-refractivity contribution in [1.29, 1.82) is 0 Å². The van der Waals surface area contributed by atoms with Crippen molar-refractivity contribution in [2.75, 3.05) is 26.9 Å². The molecule has 7 nitrogen and oxygen atoms in total. The molecule has 1 amide bonds. The minimum atomic E-state index is -3.86. The lowest BCUT2D eigenvalue weighted by Gasteiger charge is -2.17. The summed E-state index contributed by atoms with van der Waals surface area (Å²) in [6.07, 6.45) is 0.566. The zero-order valence-corrected chi connectivity index (χ0v) is 15.5. The van der Waals surface area contributed by atoms with Gasteiger partial charge in [-0.25, -0.2) is 12.8 Å². The number of ether oxygens (including phenoxy) is 2. The zero-order valence-electron chi connectivity index (χ0n) is 14.6. The van der Waals surface area contributed by atoms with Crippen molar-refractivity contribution >= 4 is 15.9 Å². The van der Waals surface area contributed by atoms with Crippen LogP contribution in [0, 0.1) is 5.82 Å². The minimum absolute atomic E-state index is 0.0699. The average molecular weight is 394 g/mol. The Morgan fingerprint density at radius 1 is 1.15 bits per heavy atom. The van der Waals surface area contributed by atoms with E-state index in [1.807, 2.05) is 18.2 Å². The summed E-state index contributed by atoms with van der Waals surface area (Å²) in [6, 6.07) is 9.99. The van der Waals surface area contributed by atoms with Crippen LogP contribution in [0.1, 0.15) is 5.56 Å². The van der Waals surface area contributed by atoms with E-state index in [0.717, 1.165) is 22.0 Å². The molecule has 0 bridgehead atoms. The predicted octanol–water partition coefficient (Wildman–Crippen LogP) is 1.53. The van der Waals surface area contributed by atoms with Gasteiger partial charge in [-0.3, -0.25) is 4.79 Å². The second-order valence-electron chi connectivity index (χ2n) is 6.00. The number of carbonyl (C=O) groups excluding carboxylic acids is 1. The fraction of sp³-hybridized carbons (Fsp3) is 0.278. The molecule has 0 aromatic heterocycles. The lowest BCUT2D eigenvalue weighted by Crippen LogP contribution is -2.39. The molecule has 0 spiro atoms. The lowest BCUT2D eigenvalue weighted by molar-refractivity contribution is -0.121. The molecule has 0 saturated carbocycles. The Balaban J connectivity index is 1.50. The number of fused-ring (bicyclic) bond motifs is 1. The minimum Gasteiger partial charge on any atom is -0.454 e. The predicted molar refractivity (Wildman–Crippen MR) is 95.5 cm³/mol. The number of nitrogens with one attached hydrogen (secondary N) is 1. The van der Waals surface area contributed by atoms with Crippen LogP contribution in [0.5, 0.6) is 11.5 Å². The molecule has 2 aromatic carbocycles. The van der Waals surface area contributed by atoms with Gasteiger partial charge in [-0.05, 0) is 48.4 Å². The normalized spacial score (nSPS) is 13.0. The monoisotopic (exact) mass is 394 g/mol. The molecule has 1 aliphatic rings. The van der Waals surface area contributed by atoms with Crippen LogP contribution in [0.15, 0.2) is 47.4 Å². The van der Waals surface area contributed by atoms with E-state index in [0.29, 0.717) is 24.5 Å². The lowest BCUT2D eigenvalue weighted by atomic mass is 10.1. The van der Waals surface area contributed by atoms with E-state index in [-0.39, 0.29) is 18.2 Å². The van der Waals surface area contributed by atoms with E-state index in [1.165, 1.54) is 19.2 Å². The molecule has 0 fully saturated rings. The highest BCUT2D eigenvalue weighted by Gasteiger charge is 2.22. The molecule has 9 heteroatoms. The van der Waals surface area contributed by atoms with Gasteiger partial charge in [0, 0.05) is 13.6 Å². The van der Waals surface area contributed by atoms with E-state index in [9.17, 15) is 17.6 Å². The number of nitrogens with zero attached hydrogens (tertiary/aromatic N) is 1. The fourth-order valence-electron chi connectivity index (χ4n) is 2.57. The number of hydrogen-bond acceptors (Lipinski definition) is 5. The van der Waals surface area contributed by atoms with Gasteiger partial charge in [-0.15, -0.1) is 0 Å². The summed E-state index contributed by atoms with van der Waals surface area (Å²) < 4.78 is 49.2. The number of rotatable bonds is 7. The third kappa shape index (κ3) is 4.55. The van der Waals surface area contributed by atoms with Crippen LogP contribution >= 0.6 is 0 Å². The third-order valence-corrected chi connectivity index (χ3v) is 5.88. The molecule has 0 radical (unpaired) electrons. The number of halogens is 1. The molecule has 1 heterocycles. The highest BCUT2D eigenvalue weighted by molar-refractivity contribution is 7.89. The smallest absolute Gasteiger partial charge is 0.243 e. The van der Waals surface area contributed by atoms with Gasteiger partial charge in [-0.1, -0.05) is 6.07 Å². The van der Waals surface area contributed by atoms with Crippen LogP contribution in [-0.4, -0.2) is 45.6 Å². The Kier molecular flexibility index (Phi) is 5.62. The third-order valence-electron chi connectivity index (χ3n) is 4.06. The van der Waals surface area contributed by atoms with Gasteiger partial charge in [0.05, 0.1) is 11.4 Å². The topological polar surface area (TPSA) is 84.9 Å². The highest BCUT2D eigenvalue weighted by Crippen LogP contribution is 2.32. The number of benzene rings is 2. The van der Waals surface area contributed by atoms with Crippen LogP contribution < -0.4 is 14.8 Å². The Morgan fingerprint density at radius 2 is 1.85 bits per heavy atom. The molecule has 0 saturated heterocycles. The molecular formula is C18H19FN2O5S. The first-order chi connectivity index (χ1) is 12.9. The maximum atomic E-state index is 13.0. The molecular weight excluding hydrogens is 375 g/mol. The van der Waals surface area contributed by atoms with Crippen molar-refractivity contribution in [3.8, 4) is 11.5 Å². The van der Waals surface area contributed by atoms with E-state index in [2.05, 4.69) is 5.32 Å². The number of likely N-dealkylation sites (N-methyl/N-ethyl adjacent to an activating group) is 1. The van der Waals surface area contributed by atoms with Crippen LogP contribution in [0.3, 0.4) is 0 Å². The first kappa shape index (κ1) is 19.1. The van der Waals surface area contributed by atoms with Gasteiger partial charge < -0.3 is 14.8 Å². The highest BCUT2D eigenvalue weighted by atomic mass is 32.2. The summed E-state index contributed by atoms with van der Waals surface area (Å²) >= 11 is 0. The SMILES string of the molecule is CN(CC(=O)NCCc1ccc2c(c1)OCO2)S(=O)(=O)c1ccc(F)cc1. The zero-order chi connectivity index (χ0) is 19.4. The Hall–Kier alpha value is -2.65. The first-order valence-electron chi connectivity index (χ1n) is 8.23. The Bertz CT molecular complexity index is 931. The molecule has 0 aliphatic carbocycles. The van der Waals surface area contributed by atoms with Crippen molar-refractivity contribution in [2.45, 2.75) is 11.3 Å². The van der Waals surface area contributed by atoms with Crippen molar-refractivity contribution in [3.05, 3.63) is 53.8 Å². The van der Waals surface area contributed by atoms with Crippen LogP contribution in [0.2, 0.25) is 0 Å². The van der Waals surface area contributed by atoms with Crippen LogP contribution in [0.4, 0.5) is 4.39 Å². The van der Waals surface area contributed by atoms with Crippen LogP contribution in [0.25, 0.3) is 0 Å². The summed E-state index contributed by atoms with van der Waals surface area (Å²) in [7, 11) is -2.56. The maximum Gasteiger partial charge on any atom is 0.243 e. The fourth-order valence-corrected chi connectivity index (χ4v) is 3.70. The summed E-state index contributed by atoms with van der Waals surface area (Å²) in [4.78, 5) is 12.0. The molecule has 144 valence electrons. The van der Waals surface area contributed by atoms with Gasteiger partial charge in [0.15, 0.2) is 11.5 Å². The summed E-state index contributed by atoms with van der Waals surface area (Å²) in [5.74, 6) is 0.404. The molecule has 0 atom stereocenters. The first-order valence-corrected chi connectivity index (χ1v) is 9.67. The molecule has 0 unspecified atom stereocenters. The maximum absolute atomic E-state index is 13.0. The molecule has 1 N–H and O–H groups in total. The molecule has 27 heavy (non-hydrogen) atoms. The van der Waals surface area contributed by atoms with E-state index in [1.54, 1.807) is 0 Å². The van der Waals surface area contributed by atoms with Gasteiger partial charge >= 0.3 is 0 Å². The quantitative estimate of drug-likeness (QED) is 0.770. The summed E-state index contributed by atoms with van der Waals surface area (Å²) in [5, 5.41) is 2.69. The molecule has 3 rings (SSSR count). The number of sulfonamides is 1. The average Bonchev–Trinajstić information content (AvgIpc) is 3.10. The van der Waals surface area contributed by atoms with E-state index < -0.39 is 21.7 Å². The second-order valence-corrected chi connectivity index (χ2v) is 8.05. The number of carbonyl (C=O) groups is 1. The largest absolute Gasteiger partial charge is 0.454 e. The van der Waals surface area contributed by atoms with Crippen molar-refractivity contribution < 1.29 is 27.1 Å².